The van der Waals surface area contributed by atoms with E-state index in [9.17, 15) is 26.7 Å². The van der Waals surface area contributed by atoms with Gasteiger partial charge in [0, 0.05) is 12.3 Å². The minimum Gasteiger partial charge on any atom is -0.305 e. The number of nitrogens with one attached hydrogen (secondary N) is 1. The molecule has 0 atom stereocenters. The Kier molecular flexibility index (Phi) is 6.49. The molecule has 2 aromatic heterocycles. The molecule has 0 radical (unpaired) electrons. The van der Waals surface area contributed by atoms with Crippen LogP contribution in [0.15, 0.2) is 21.5 Å². The minimum atomic E-state index is -2.23. The van der Waals surface area contributed by atoms with Crippen LogP contribution in [-0.2, 0) is 6.54 Å². The van der Waals surface area contributed by atoms with E-state index in [4.69, 9.17) is 0 Å². The van der Waals surface area contributed by atoms with E-state index in [-0.39, 0.29) is 5.82 Å². The van der Waals surface area contributed by atoms with Crippen LogP contribution < -0.4 is 5.32 Å². The number of halogens is 5. The molecule has 2 heterocycles. The van der Waals surface area contributed by atoms with Crippen molar-refractivity contribution in [1.29, 1.82) is 0 Å². The van der Waals surface area contributed by atoms with Gasteiger partial charge in [0.05, 0.1) is 21.9 Å². The van der Waals surface area contributed by atoms with Gasteiger partial charge in [-0.2, -0.15) is 9.47 Å². The van der Waals surface area contributed by atoms with Crippen molar-refractivity contribution >= 4 is 46.8 Å². The summed E-state index contributed by atoms with van der Waals surface area (Å²) >= 11 is 3.83. The molecule has 1 aromatic carbocycles. The zero-order valence-electron chi connectivity index (χ0n) is 14.7. The van der Waals surface area contributed by atoms with Gasteiger partial charge >= 0.3 is 0 Å². The highest BCUT2D eigenvalue weighted by Crippen LogP contribution is 2.33. The molecule has 0 saturated carbocycles. The van der Waals surface area contributed by atoms with E-state index in [1.807, 2.05) is 0 Å². The van der Waals surface area contributed by atoms with Crippen LogP contribution in [0.25, 0.3) is 0 Å². The molecule has 0 bridgehead atoms. The molecule has 5 nitrogen and oxygen atoms in total. The van der Waals surface area contributed by atoms with Crippen LogP contribution in [0.2, 0.25) is 0 Å². The lowest BCUT2D eigenvalue weighted by Crippen LogP contribution is -2.15. The summed E-state index contributed by atoms with van der Waals surface area (Å²) in [7, 11) is 0. The first kappa shape index (κ1) is 21.6. The van der Waals surface area contributed by atoms with Crippen LogP contribution in [-0.4, -0.2) is 32.6 Å². The van der Waals surface area contributed by atoms with Crippen molar-refractivity contribution in [3.05, 3.63) is 52.5 Å². The van der Waals surface area contributed by atoms with Crippen LogP contribution in [0, 0.1) is 29.1 Å². The van der Waals surface area contributed by atoms with Crippen molar-refractivity contribution in [3.63, 3.8) is 0 Å². The second kappa shape index (κ2) is 8.71. The highest BCUT2D eigenvalue weighted by atomic mass is 32.2. The van der Waals surface area contributed by atoms with Crippen molar-refractivity contribution in [1.82, 2.24) is 14.2 Å². The molecule has 154 valence electrons. The molecule has 0 unspecified atom stereocenters. The number of carbonyl (C=O) groups is 1. The molecule has 0 aliphatic carbocycles. The quantitative estimate of drug-likeness (QED) is 0.245. The van der Waals surface area contributed by atoms with Gasteiger partial charge in [0.25, 0.3) is 5.91 Å². The number of amides is 1. The van der Waals surface area contributed by atoms with Gasteiger partial charge in [-0.3, -0.25) is 9.48 Å². The maximum absolute atomic E-state index is 13.8. The lowest BCUT2D eigenvalue weighted by molar-refractivity contribution is 0.102. The average Bonchev–Trinajstić information content (AvgIpc) is 3.34. The number of benzene rings is 1. The predicted molar refractivity (Wildman–Crippen MR) is 101 cm³/mol. The molecule has 3 rings (SSSR count). The lowest BCUT2D eigenvalue weighted by atomic mass is 10.1. The van der Waals surface area contributed by atoms with Gasteiger partial charge in [0.1, 0.15) is 5.03 Å². The zero-order valence-corrected chi connectivity index (χ0v) is 17.2. The van der Waals surface area contributed by atoms with Crippen LogP contribution >= 0.6 is 35.1 Å². The third-order valence-electron chi connectivity index (χ3n) is 3.74. The largest absolute Gasteiger partial charge is 0.305 e. The molecular weight excluding hydrogens is 455 g/mol. The van der Waals surface area contributed by atoms with Crippen molar-refractivity contribution in [3.8, 4) is 0 Å². The van der Waals surface area contributed by atoms with Crippen molar-refractivity contribution in [2.45, 2.75) is 15.8 Å². The Morgan fingerprint density at radius 2 is 1.69 bits per heavy atom. The number of carbonyl (C=O) groups excluding carboxylic acids is 1. The van der Waals surface area contributed by atoms with Gasteiger partial charge in [0.2, 0.25) is 5.82 Å². The Morgan fingerprint density at radius 3 is 2.28 bits per heavy atom. The maximum atomic E-state index is 13.8. The van der Waals surface area contributed by atoms with E-state index in [2.05, 4.69) is 14.8 Å². The third kappa shape index (κ3) is 4.12. The number of anilines is 1. The van der Waals surface area contributed by atoms with Crippen molar-refractivity contribution in [2.75, 3.05) is 17.8 Å². The van der Waals surface area contributed by atoms with Gasteiger partial charge in [0.15, 0.2) is 29.1 Å². The first-order chi connectivity index (χ1) is 13.8. The third-order valence-corrected chi connectivity index (χ3v) is 6.48. The van der Waals surface area contributed by atoms with E-state index < -0.39 is 47.1 Å². The van der Waals surface area contributed by atoms with E-state index in [1.165, 1.54) is 47.3 Å². The molecule has 1 N–H and O–H groups in total. The molecule has 0 aliphatic heterocycles. The van der Waals surface area contributed by atoms with Gasteiger partial charge in [-0.05, 0) is 24.0 Å². The number of rotatable bonds is 6. The van der Waals surface area contributed by atoms with E-state index in [0.29, 0.717) is 14.8 Å². The molecular formula is C16H11F5N4OS3. The molecule has 29 heavy (non-hydrogen) atoms. The molecule has 0 saturated heterocycles. The maximum Gasteiger partial charge on any atom is 0.261 e. The predicted octanol–water partition coefficient (Wildman–Crippen LogP) is 4.78. The Labute approximate surface area is 173 Å². The molecule has 1 amide bonds. The van der Waals surface area contributed by atoms with Gasteiger partial charge in [-0.15, -0.1) is 23.5 Å². The minimum absolute atomic E-state index is 0.0455. The number of nitrogens with zero attached hydrogens (tertiary/aromatic N) is 3. The van der Waals surface area contributed by atoms with Crippen LogP contribution in [0.1, 0.15) is 15.9 Å². The van der Waals surface area contributed by atoms with Gasteiger partial charge in [-0.25, -0.2) is 22.0 Å². The average molecular weight is 466 g/mol. The molecule has 0 fully saturated rings. The smallest absolute Gasteiger partial charge is 0.261 e. The number of aromatic nitrogens is 3. The lowest BCUT2D eigenvalue weighted by Gasteiger charge is -2.08. The number of thioether (sulfide) groups is 2. The molecule has 0 aliphatic rings. The summed E-state index contributed by atoms with van der Waals surface area (Å²) in [6, 6.07) is 1.33. The van der Waals surface area contributed by atoms with Crippen molar-refractivity contribution in [2.24, 2.45) is 0 Å². The standard InChI is InChI=1S/C16H11F5N4OS3/c1-27-15-8(16(28-2)29-24-15)14(26)22-7-3-4-25(23-7)5-6-9(17)11(19)13(21)12(20)10(6)18/h3-4H,5H2,1-2H3,(H,22,23,26). The second-order valence-electron chi connectivity index (χ2n) is 5.46. The summed E-state index contributed by atoms with van der Waals surface area (Å²) in [6.07, 6.45) is 4.81. The second-order valence-corrected chi connectivity index (χ2v) is 8.10. The Hall–Kier alpha value is -2.12. The fourth-order valence-electron chi connectivity index (χ4n) is 2.38. The normalized spacial score (nSPS) is 11.1. The van der Waals surface area contributed by atoms with Gasteiger partial charge < -0.3 is 5.32 Å². The van der Waals surface area contributed by atoms with E-state index >= 15 is 0 Å². The summed E-state index contributed by atoms with van der Waals surface area (Å²) in [6.45, 7) is -0.714. The summed E-state index contributed by atoms with van der Waals surface area (Å²) < 4.78 is 73.3. The Balaban J connectivity index is 1.83. The fourth-order valence-corrected chi connectivity index (χ4v) is 4.66. The van der Waals surface area contributed by atoms with Crippen LogP contribution in [0.4, 0.5) is 27.8 Å². The highest BCUT2D eigenvalue weighted by Gasteiger charge is 2.26. The molecule has 3 aromatic rings. The SMILES string of the molecule is CSc1nsc(SC)c1C(=O)Nc1ccn(Cc2c(F)c(F)c(F)c(F)c2F)n1. The Morgan fingerprint density at radius 1 is 1.07 bits per heavy atom. The van der Waals surface area contributed by atoms with Gasteiger partial charge in [-0.1, -0.05) is 0 Å². The fraction of sp³-hybridized carbons (Fsp3) is 0.188. The van der Waals surface area contributed by atoms with Crippen molar-refractivity contribution < 1.29 is 26.7 Å². The Bertz CT molecular complexity index is 1030. The zero-order chi connectivity index (χ0) is 21.3. The molecule has 0 spiro atoms. The summed E-state index contributed by atoms with van der Waals surface area (Å²) in [5.74, 6) is -10.6. The van der Waals surface area contributed by atoms with E-state index in [1.54, 1.807) is 12.5 Å². The first-order valence-electron chi connectivity index (χ1n) is 7.71. The van der Waals surface area contributed by atoms with Crippen LogP contribution in [0.5, 0.6) is 0 Å². The summed E-state index contributed by atoms with van der Waals surface area (Å²) in [5.41, 5.74) is -0.650. The topological polar surface area (TPSA) is 59.8 Å². The summed E-state index contributed by atoms with van der Waals surface area (Å²) in [5, 5.41) is 6.99. The number of hydrogen-bond donors (Lipinski definition) is 1. The first-order valence-corrected chi connectivity index (χ1v) is 10.9. The molecule has 13 heteroatoms. The monoisotopic (exact) mass is 466 g/mol. The summed E-state index contributed by atoms with van der Waals surface area (Å²) in [4.78, 5) is 12.6. The van der Waals surface area contributed by atoms with E-state index in [0.717, 1.165) is 4.68 Å². The number of hydrogen-bond acceptors (Lipinski definition) is 6. The van der Waals surface area contributed by atoms with Crippen LogP contribution in [0.3, 0.4) is 0 Å². The highest BCUT2D eigenvalue weighted by molar-refractivity contribution is 8.01.